The summed E-state index contributed by atoms with van der Waals surface area (Å²) in [6.07, 6.45) is -0.378. The largest absolute Gasteiger partial charge is 0.391 e. The van der Waals surface area contributed by atoms with Gasteiger partial charge in [0.2, 0.25) is 0 Å². The van der Waals surface area contributed by atoms with Crippen LogP contribution in [0.2, 0.25) is 0 Å². The molecule has 0 spiro atoms. The average Bonchev–Trinajstić information content (AvgIpc) is 2.78. The topological polar surface area (TPSA) is 86.8 Å². The lowest BCUT2D eigenvalue weighted by Gasteiger charge is -2.34. The molecule has 0 aliphatic carbocycles. The van der Waals surface area contributed by atoms with E-state index >= 15 is 0 Å². The molecule has 1 aromatic rings. The van der Waals surface area contributed by atoms with Crippen molar-refractivity contribution in [2.75, 3.05) is 18.0 Å². The smallest absolute Gasteiger partial charge is 0.304 e. The van der Waals surface area contributed by atoms with E-state index in [-0.39, 0.29) is 11.6 Å². The van der Waals surface area contributed by atoms with Crippen LogP contribution in [0.25, 0.3) is 0 Å². The Hall–Kier alpha value is -1.18. The predicted molar refractivity (Wildman–Crippen MR) is 73.6 cm³/mol. The van der Waals surface area contributed by atoms with Gasteiger partial charge in [-0.3, -0.25) is 10.1 Å². The Morgan fingerprint density at radius 3 is 2.84 bits per heavy atom. The summed E-state index contributed by atoms with van der Waals surface area (Å²) in [4.78, 5) is 13.1. The fourth-order valence-electron chi connectivity index (χ4n) is 2.19. The molecule has 1 aliphatic rings. The highest BCUT2D eigenvalue weighted by Gasteiger charge is 2.31. The summed E-state index contributed by atoms with van der Waals surface area (Å²) in [5.74, 6) is 0.214. The Labute approximate surface area is 115 Å². The number of hydrogen-bond acceptors (Lipinski definition) is 6. The zero-order valence-corrected chi connectivity index (χ0v) is 11.8. The van der Waals surface area contributed by atoms with Gasteiger partial charge in [0, 0.05) is 24.0 Å². The molecule has 0 saturated carbocycles. The van der Waals surface area contributed by atoms with Crippen molar-refractivity contribution in [3.05, 3.63) is 21.1 Å². The van der Waals surface area contributed by atoms with Crippen molar-refractivity contribution in [3.8, 4) is 0 Å². The van der Waals surface area contributed by atoms with E-state index in [9.17, 15) is 20.3 Å². The summed E-state index contributed by atoms with van der Waals surface area (Å²) in [5.41, 5.74) is 0.0163. The van der Waals surface area contributed by atoms with E-state index in [2.05, 4.69) is 0 Å². The monoisotopic (exact) mass is 286 g/mol. The Morgan fingerprint density at radius 1 is 1.63 bits per heavy atom. The van der Waals surface area contributed by atoms with Crippen molar-refractivity contribution in [2.24, 2.45) is 5.92 Å². The van der Waals surface area contributed by atoms with Gasteiger partial charge in [-0.05, 0) is 19.3 Å². The Bertz CT molecular complexity index is 474. The summed E-state index contributed by atoms with van der Waals surface area (Å²) in [5, 5.41) is 31.1. The first-order valence-electron chi connectivity index (χ1n) is 6.29. The van der Waals surface area contributed by atoms with Crippen molar-refractivity contribution in [2.45, 2.75) is 32.5 Å². The number of piperidine rings is 1. The minimum Gasteiger partial charge on any atom is -0.391 e. The van der Waals surface area contributed by atoms with Crippen molar-refractivity contribution >= 4 is 22.0 Å². The second kappa shape index (κ2) is 5.44. The maximum atomic E-state index is 11.1. The molecule has 7 heteroatoms. The zero-order valence-electron chi connectivity index (χ0n) is 10.9. The Morgan fingerprint density at radius 2 is 2.32 bits per heavy atom. The van der Waals surface area contributed by atoms with Gasteiger partial charge >= 0.3 is 5.69 Å². The average molecular weight is 286 g/mol. The maximum Gasteiger partial charge on any atom is 0.304 e. The fraction of sp³-hybridized carbons (Fsp3) is 0.667. The molecule has 1 aromatic heterocycles. The molecule has 2 heterocycles. The van der Waals surface area contributed by atoms with E-state index in [1.54, 1.807) is 6.92 Å². The number of aliphatic hydroxyl groups excluding tert-OH is 2. The number of anilines is 1. The van der Waals surface area contributed by atoms with E-state index in [1.807, 2.05) is 11.8 Å². The first kappa shape index (κ1) is 14.2. The molecule has 0 amide bonds. The molecular formula is C12H18N2O4S. The van der Waals surface area contributed by atoms with Gasteiger partial charge < -0.3 is 15.1 Å². The molecule has 2 rings (SSSR count). The predicted octanol–water partition coefficient (Wildman–Crippen LogP) is 1.92. The summed E-state index contributed by atoms with van der Waals surface area (Å²) in [7, 11) is 0. The van der Waals surface area contributed by atoms with E-state index in [4.69, 9.17) is 0 Å². The molecule has 0 aromatic carbocycles. The number of nitro groups is 1. The van der Waals surface area contributed by atoms with Crippen molar-refractivity contribution < 1.29 is 15.1 Å². The number of thiophene rings is 1. The number of aliphatic hydroxyl groups is 2. The molecule has 2 N–H and O–H groups in total. The molecule has 6 nitrogen and oxygen atoms in total. The van der Waals surface area contributed by atoms with Crippen molar-refractivity contribution in [1.82, 2.24) is 0 Å². The normalized spacial score (nSPS) is 25.4. The van der Waals surface area contributed by atoms with Crippen LogP contribution in [0.4, 0.5) is 10.7 Å². The first-order chi connectivity index (χ1) is 8.90. The van der Waals surface area contributed by atoms with Crippen LogP contribution < -0.4 is 4.90 Å². The van der Waals surface area contributed by atoms with Gasteiger partial charge in [-0.1, -0.05) is 6.92 Å². The molecule has 3 atom stereocenters. The summed E-state index contributed by atoms with van der Waals surface area (Å²) in [6, 6.07) is 1.43. The fourth-order valence-corrected chi connectivity index (χ4v) is 3.28. The minimum atomic E-state index is -0.717. The second-order valence-corrected chi connectivity index (χ2v) is 6.11. The molecule has 106 valence electrons. The van der Waals surface area contributed by atoms with E-state index in [1.165, 1.54) is 17.4 Å². The highest BCUT2D eigenvalue weighted by atomic mass is 32.1. The van der Waals surface area contributed by atoms with Crippen molar-refractivity contribution in [3.63, 3.8) is 0 Å². The van der Waals surface area contributed by atoms with Gasteiger partial charge in [0.05, 0.1) is 17.1 Å². The van der Waals surface area contributed by atoms with Crippen LogP contribution in [-0.2, 0) is 0 Å². The standard InChI is InChI=1S/C12H18N2O4S/c1-7-3-4-13(6-10(7)16)12-9(14(17)18)5-11(19-12)8(2)15/h5,7-8,10,15-16H,3-4,6H2,1-2H3. The highest BCUT2D eigenvalue weighted by molar-refractivity contribution is 7.16. The van der Waals surface area contributed by atoms with Crippen LogP contribution in [0.3, 0.4) is 0 Å². The van der Waals surface area contributed by atoms with Crippen LogP contribution in [0.15, 0.2) is 6.07 Å². The summed E-state index contributed by atoms with van der Waals surface area (Å²) >= 11 is 1.23. The summed E-state index contributed by atoms with van der Waals surface area (Å²) in [6.45, 7) is 4.67. The molecule has 0 radical (unpaired) electrons. The SMILES string of the molecule is CC(O)c1cc([N+](=O)[O-])c(N2CCC(C)C(O)C2)s1. The lowest BCUT2D eigenvalue weighted by Crippen LogP contribution is -2.42. The Balaban J connectivity index is 2.30. The number of hydrogen-bond donors (Lipinski definition) is 2. The maximum absolute atomic E-state index is 11.1. The third kappa shape index (κ3) is 2.88. The quantitative estimate of drug-likeness (QED) is 0.655. The molecule has 3 unspecified atom stereocenters. The van der Waals surface area contributed by atoms with E-state index in [0.717, 1.165) is 6.42 Å². The number of β-amino-alcohol motifs (C(OH)–C–C–N with tert-alkyl or cyclic N) is 1. The third-order valence-corrected chi connectivity index (χ3v) is 4.88. The number of nitrogens with zero attached hydrogens (tertiary/aromatic N) is 2. The van der Waals surface area contributed by atoms with Gasteiger partial charge in [-0.15, -0.1) is 11.3 Å². The van der Waals surface area contributed by atoms with Gasteiger partial charge in [0.1, 0.15) is 0 Å². The minimum absolute atomic E-state index is 0.0163. The van der Waals surface area contributed by atoms with Gasteiger partial charge in [0.15, 0.2) is 5.00 Å². The molecular weight excluding hydrogens is 268 g/mol. The lowest BCUT2D eigenvalue weighted by atomic mass is 9.96. The third-order valence-electron chi connectivity index (χ3n) is 3.53. The first-order valence-corrected chi connectivity index (χ1v) is 7.11. The van der Waals surface area contributed by atoms with Gasteiger partial charge in [-0.25, -0.2) is 0 Å². The number of rotatable bonds is 3. The van der Waals surface area contributed by atoms with E-state index in [0.29, 0.717) is 23.0 Å². The summed E-state index contributed by atoms with van der Waals surface area (Å²) < 4.78 is 0. The van der Waals surface area contributed by atoms with E-state index < -0.39 is 17.1 Å². The molecule has 1 aliphatic heterocycles. The van der Waals surface area contributed by atoms with Crippen LogP contribution in [0.1, 0.15) is 31.2 Å². The van der Waals surface area contributed by atoms with Crippen LogP contribution in [-0.4, -0.2) is 34.3 Å². The molecule has 1 saturated heterocycles. The van der Waals surface area contributed by atoms with Gasteiger partial charge in [-0.2, -0.15) is 0 Å². The second-order valence-electron chi connectivity index (χ2n) is 5.05. The molecule has 1 fully saturated rings. The van der Waals surface area contributed by atoms with Crippen LogP contribution in [0, 0.1) is 16.0 Å². The zero-order chi connectivity index (χ0) is 14.2. The lowest BCUT2D eigenvalue weighted by molar-refractivity contribution is -0.383. The van der Waals surface area contributed by atoms with Gasteiger partial charge in [0.25, 0.3) is 0 Å². The van der Waals surface area contributed by atoms with Crippen LogP contribution >= 0.6 is 11.3 Å². The molecule has 0 bridgehead atoms. The van der Waals surface area contributed by atoms with Crippen molar-refractivity contribution in [1.29, 1.82) is 0 Å². The highest BCUT2D eigenvalue weighted by Crippen LogP contribution is 2.41. The molecule has 19 heavy (non-hydrogen) atoms. The van der Waals surface area contributed by atoms with Crippen LogP contribution in [0.5, 0.6) is 0 Å². The Kier molecular flexibility index (Phi) is 4.07.